The lowest BCUT2D eigenvalue weighted by atomic mass is 10.2. The van der Waals surface area contributed by atoms with Crippen LogP contribution in [0.25, 0.3) is 0 Å². The highest BCUT2D eigenvalue weighted by Gasteiger charge is 2.08. The summed E-state index contributed by atoms with van der Waals surface area (Å²) < 4.78 is 0. The predicted molar refractivity (Wildman–Crippen MR) is 60.2 cm³/mol. The van der Waals surface area contributed by atoms with Gasteiger partial charge in [-0.15, -0.1) is 11.6 Å². The van der Waals surface area contributed by atoms with Crippen LogP contribution in [0.3, 0.4) is 0 Å². The van der Waals surface area contributed by atoms with Crippen molar-refractivity contribution in [3.05, 3.63) is 29.8 Å². The quantitative estimate of drug-likeness (QED) is 0.630. The summed E-state index contributed by atoms with van der Waals surface area (Å²) in [4.78, 5) is 22.2. The molecule has 0 radical (unpaired) electrons. The molecule has 1 aromatic rings. The van der Waals surface area contributed by atoms with Gasteiger partial charge in [0.05, 0.1) is 12.3 Å². The summed E-state index contributed by atoms with van der Waals surface area (Å²) in [6, 6.07) is 7.38. The van der Waals surface area contributed by atoms with Crippen molar-refractivity contribution in [2.75, 3.05) is 11.2 Å². The number of carbonyl (C=O) groups is 2. The van der Waals surface area contributed by atoms with Crippen LogP contribution in [0.5, 0.6) is 0 Å². The van der Waals surface area contributed by atoms with Crippen LogP contribution in [0.15, 0.2) is 24.3 Å². The van der Waals surface area contributed by atoms with E-state index in [1.165, 1.54) is 0 Å². The van der Waals surface area contributed by atoms with E-state index in [1.807, 2.05) is 25.1 Å². The Balaban J connectivity index is 2.55. The van der Waals surface area contributed by atoms with Crippen molar-refractivity contribution < 1.29 is 9.59 Å². The average molecular weight is 226 g/mol. The second-order valence-corrected chi connectivity index (χ2v) is 3.53. The molecule has 1 rings (SSSR count). The summed E-state index contributed by atoms with van der Waals surface area (Å²) in [6.45, 7) is 1.93. The number of rotatable bonds is 4. The minimum absolute atomic E-state index is 0.124. The highest BCUT2D eigenvalue weighted by Crippen LogP contribution is 2.09. The van der Waals surface area contributed by atoms with E-state index >= 15 is 0 Å². The van der Waals surface area contributed by atoms with E-state index in [1.54, 1.807) is 6.07 Å². The molecule has 0 saturated heterocycles. The Bertz CT molecular complexity index is 377. The van der Waals surface area contributed by atoms with Gasteiger partial charge in [-0.05, 0) is 24.6 Å². The first-order valence-electron chi connectivity index (χ1n) is 4.56. The molecule has 0 heterocycles. The minimum atomic E-state index is -0.328. The van der Waals surface area contributed by atoms with Gasteiger partial charge in [-0.1, -0.05) is 12.1 Å². The number of amides is 1. The second kappa shape index (κ2) is 5.51. The zero-order valence-corrected chi connectivity index (χ0v) is 9.17. The fraction of sp³-hybridized carbons (Fsp3) is 0.273. The molecule has 0 atom stereocenters. The Morgan fingerprint density at radius 3 is 2.73 bits per heavy atom. The number of nitrogens with one attached hydrogen (secondary N) is 1. The number of Topliss-reactive ketones (excluding diaryl/α,β-unsaturated/α-hetero) is 1. The van der Waals surface area contributed by atoms with Gasteiger partial charge >= 0.3 is 0 Å². The number of aryl methyl sites for hydroxylation is 1. The largest absolute Gasteiger partial charge is 0.326 e. The maximum atomic E-state index is 11.3. The topological polar surface area (TPSA) is 46.2 Å². The van der Waals surface area contributed by atoms with Crippen molar-refractivity contribution in [1.29, 1.82) is 0 Å². The number of anilines is 1. The Morgan fingerprint density at radius 2 is 2.13 bits per heavy atom. The Morgan fingerprint density at radius 1 is 1.40 bits per heavy atom. The standard InChI is InChI=1S/C11H12ClNO2/c1-8-3-2-4-9(5-8)13-11(15)6-10(14)7-12/h2-5H,6-7H2,1H3,(H,13,15). The van der Waals surface area contributed by atoms with Gasteiger partial charge in [-0.3, -0.25) is 9.59 Å². The number of carbonyl (C=O) groups excluding carboxylic acids is 2. The van der Waals surface area contributed by atoms with E-state index in [0.717, 1.165) is 5.56 Å². The number of alkyl halides is 1. The van der Waals surface area contributed by atoms with E-state index in [4.69, 9.17) is 11.6 Å². The van der Waals surface area contributed by atoms with Gasteiger partial charge in [-0.25, -0.2) is 0 Å². The molecule has 80 valence electrons. The maximum absolute atomic E-state index is 11.3. The summed E-state index contributed by atoms with van der Waals surface area (Å²) in [5.41, 5.74) is 1.75. The van der Waals surface area contributed by atoms with Gasteiger partial charge in [-0.2, -0.15) is 0 Å². The number of ketones is 1. The monoisotopic (exact) mass is 225 g/mol. The van der Waals surface area contributed by atoms with Crippen LogP contribution in [-0.4, -0.2) is 17.6 Å². The molecule has 0 saturated carbocycles. The first-order chi connectivity index (χ1) is 7.11. The molecule has 1 aromatic carbocycles. The number of hydrogen-bond acceptors (Lipinski definition) is 2. The lowest BCUT2D eigenvalue weighted by Gasteiger charge is -2.04. The van der Waals surface area contributed by atoms with Crippen LogP contribution in [0.1, 0.15) is 12.0 Å². The summed E-state index contributed by atoms with van der Waals surface area (Å²) in [6.07, 6.45) is -0.169. The summed E-state index contributed by atoms with van der Waals surface area (Å²) >= 11 is 5.29. The van der Waals surface area contributed by atoms with Gasteiger partial charge in [0.1, 0.15) is 0 Å². The zero-order valence-electron chi connectivity index (χ0n) is 8.42. The van der Waals surface area contributed by atoms with Crippen molar-refractivity contribution in [3.63, 3.8) is 0 Å². The van der Waals surface area contributed by atoms with Crippen LogP contribution in [-0.2, 0) is 9.59 Å². The highest BCUT2D eigenvalue weighted by atomic mass is 35.5. The van der Waals surface area contributed by atoms with Gasteiger partial charge < -0.3 is 5.32 Å². The van der Waals surface area contributed by atoms with Gasteiger partial charge in [0.15, 0.2) is 5.78 Å². The van der Waals surface area contributed by atoms with E-state index < -0.39 is 0 Å². The molecule has 0 aliphatic heterocycles. The van der Waals surface area contributed by atoms with Crippen molar-refractivity contribution in [3.8, 4) is 0 Å². The fourth-order valence-electron chi connectivity index (χ4n) is 1.15. The molecule has 1 amide bonds. The van der Waals surface area contributed by atoms with E-state index in [0.29, 0.717) is 5.69 Å². The van der Waals surface area contributed by atoms with E-state index in [2.05, 4.69) is 5.32 Å². The van der Waals surface area contributed by atoms with Crippen molar-refractivity contribution in [2.24, 2.45) is 0 Å². The van der Waals surface area contributed by atoms with Crippen LogP contribution in [0.2, 0.25) is 0 Å². The van der Waals surface area contributed by atoms with Crippen molar-refractivity contribution in [1.82, 2.24) is 0 Å². The molecule has 0 fully saturated rings. The molecule has 15 heavy (non-hydrogen) atoms. The minimum Gasteiger partial charge on any atom is -0.326 e. The van der Waals surface area contributed by atoms with Crippen molar-refractivity contribution >= 4 is 29.0 Å². The molecule has 1 N–H and O–H groups in total. The highest BCUT2D eigenvalue weighted by molar-refractivity contribution is 6.29. The summed E-state index contributed by atoms with van der Waals surface area (Å²) in [5, 5.41) is 2.63. The van der Waals surface area contributed by atoms with E-state index in [-0.39, 0.29) is 24.0 Å². The molecule has 0 aliphatic carbocycles. The first kappa shape index (κ1) is 11.7. The number of halogens is 1. The molecule has 3 nitrogen and oxygen atoms in total. The third-order valence-corrected chi connectivity index (χ3v) is 2.11. The van der Waals surface area contributed by atoms with Crippen LogP contribution in [0.4, 0.5) is 5.69 Å². The van der Waals surface area contributed by atoms with Gasteiger partial charge in [0.25, 0.3) is 0 Å². The summed E-state index contributed by atoms with van der Waals surface area (Å²) in [5.74, 6) is -0.727. The maximum Gasteiger partial charge on any atom is 0.231 e. The van der Waals surface area contributed by atoms with Crippen molar-refractivity contribution in [2.45, 2.75) is 13.3 Å². The zero-order chi connectivity index (χ0) is 11.3. The third kappa shape index (κ3) is 4.13. The molecule has 0 aliphatic rings. The van der Waals surface area contributed by atoms with Crippen LogP contribution in [0, 0.1) is 6.92 Å². The first-order valence-corrected chi connectivity index (χ1v) is 5.09. The third-order valence-electron chi connectivity index (χ3n) is 1.81. The molecular formula is C11H12ClNO2. The fourth-order valence-corrected chi connectivity index (χ4v) is 1.25. The second-order valence-electron chi connectivity index (χ2n) is 3.27. The van der Waals surface area contributed by atoms with Gasteiger partial charge in [0.2, 0.25) is 5.91 Å². The smallest absolute Gasteiger partial charge is 0.231 e. The molecule has 0 aromatic heterocycles. The molecular weight excluding hydrogens is 214 g/mol. The van der Waals surface area contributed by atoms with Gasteiger partial charge in [0, 0.05) is 5.69 Å². The predicted octanol–water partition coefficient (Wildman–Crippen LogP) is 2.13. The Hall–Kier alpha value is -1.35. The Kier molecular flexibility index (Phi) is 4.31. The SMILES string of the molecule is Cc1cccc(NC(=O)CC(=O)CCl)c1. The normalized spacial score (nSPS) is 9.73. The molecule has 0 spiro atoms. The van der Waals surface area contributed by atoms with Crippen LogP contribution < -0.4 is 5.32 Å². The Labute approximate surface area is 93.4 Å². The number of benzene rings is 1. The van der Waals surface area contributed by atoms with E-state index in [9.17, 15) is 9.59 Å². The molecule has 0 bridgehead atoms. The average Bonchev–Trinajstić information content (AvgIpc) is 2.17. The lowest BCUT2D eigenvalue weighted by molar-refractivity contribution is -0.124. The lowest BCUT2D eigenvalue weighted by Crippen LogP contribution is -2.17. The van der Waals surface area contributed by atoms with Crippen LogP contribution >= 0.6 is 11.6 Å². The summed E-state index contributed by atoms with van der Waals surface area (Å²) in [7, 11) is 0. The molecule has 4 heteroatoms. The molecule has 0 unspecified atom stereocenters. The number of hydrogen-bond donors (Lipinski definition) is 1.